The molecule has 0 fully saturated rings. The van der Waals surface area contributed by atoms with Crippen molar-refractivity contribution in [3.63, 3.8) is 0 Å². The molecule has 2 aromatic carbocycles. The van der Waals surface area contributed by atoms with Gasteiger partial charge in [-0.2, -0.15) is 4.98 Å². The summed E-state index contributed by atoms with van der Waals surface area (Å²) < 4.78 is 11.6. The molecular weight excluding hydrogens is 358 g/mol. The molecule has 0 amide bonds. The first-order chi connectivity index (χ1) is 13.3. The van der Waals surface area contributed by atoms with Crippen molar-refractivity contribution in [3.05, 3.63) is 70.7 Å². The average molecular weight is 379 g/mol. The minimum absolute atomic E-state index is 0.642. The molecule has 0 saturated heterocycles. The summed E-state index contributed by atoms with van der Waals surface area (Å²) in [5.41, 5.74) is 4.83. The largest absolute Gasteiger partial charge is 0.494 e. The number of rotatable bonds is 8. The molecule has 0 N–H and O–H groups in total. The Hall–Kier alpha value is -2.86. The number of benzene rings is 2. The van der Waals surface area contributed by atoms with Crippen LogP contribution >= 0.6 is 11.3 Å². The van der Waals surface area contributed by atoms with Crippen LogP contribution in [0.5, 0.6) is 5.75 Å². The van der Waals surface area contributed by atoms with E-state index in [0.717, 1.165) is 36.2 Å². The molecular formula is C21H21N3O2S. The molecule has 0 atom stereocenters. The summed E-state index contributed by atoms with van der Waals surface area (Å²) >= 11 is 1.68. The minimum atomic E-state index is 0.642. The molecule has 0 spiro atoms. The van der Waals surface area contributed by atoms with E-state index < -0.39 is 0 Å². The van der Waals surface area contributed by atoms with Gasteiger partial charge < -0.3 is 14.1 Å². The highest BCUT2D eigenvalue weighted by Crippen LogP contribution is 2.21. The van der Waals surface area contributed by atoms with Crippen molar-refractivity contribution in [1.82, 2.24) is 9.97 Å². The molecule has 0 aliphatic carbocycles. The van der Waals surface area contributed by atoms with Crippen LogP contribution in [0.2, 0.25) is 0 Å². The van der Waals surface area contributed by atoms with E-state index in [9.17, 15) is 0 Å². The number of anilines is 1. The van der Waals surface area contributed by atoms with Crippen LogP contribution in [0.1, 0.15) is 16.9 Å². The minimum Gasteiger partial charge on any atom is -0.494 e. The van der Waals surface area contributed by atoms with E-state index in [4.69, 9.17) is 9.15 Å². The lowest BCUT2D eigenvalue weighted by Crippen LogP contribution is -2.20. The van der Waals surface area contributed by atoms with Crippen molar-refractivity contribution in [3.8, 4) is 5.75 Å². The van der Waals surface area contributed by atoms with Gasteiger partial charge in [0.2, 0.25) is 0 Å². The normalized spacial score (nSPS) is 11.0. The number of thiazole rings is 1. The summed E-state index contributed by atoms with van der Waals surface area (Å²) in [6.45, 7) is 1.47. The lowest BCUT2D eigenvalue weighted by atomic mass is 10.1. The third kappa shape index (κ3) is 4.46. The molecule has 2 aromatic heterocycles. The Morgan fingerprint density at radius 3 is 2.74 bits per heavy atom. The Kier molecular flexibility index (Phi) is 5.34. The molecule has 0 saturated carbocycles. The first-order valence-electron chi connectivity index (χ1n) is 8.94. The van der Waals surface area contributed by atoms with Crippen molar-refractivity contribution in [2.45, 2.75) is 12.8 Å². The fourth-order valence-electron chi connectivity index (χ4n) is 2.84. The second-order valence-corrected chi connectivity index (χ2v) is 7.35. The van der Waals surface area contributed by atoms with E-state index in [1.807, 2.05) is 60.1 Å². The maximum atomic E-state index is 5.85. The van der Waals surface area contributed by atoms with Crippen LogP contribution in [0.15, 0.2) is 64.7 Å². The SMILES string of the molecule is CN(CCCOc1ccc(Cc2cncs2)cc1)c1nc2ccccc2o1. The van der Waals surface area contributed by atoms with Gasteiger partial charge in [0.15, 0.2) is 5.58 Å². The molecule has 0 aliphatic rings. The molecule has 0 radical (unpaired) electrons. The molecule has 4 rings (SSSR count). The molecule has 6 heteroatoms. The quantitative estimate of drug-likeness (QED) is 0.412. The fourth-order valence-corrected chi connectivity index (χ4v) is 3.47. The topological polar surface area (TPSA) is 51.4 Å². The molecule has 4 aromatic rings. The van der Waals surface area contributed by atoms with E-state index in [1.54, 1.807) is 11.3 Å². The zero-order valence-electron chi connectivity index (χ0n) is 15.2. The fraction of sp³-hybridized carbons (Fsp3) is 0.238. The van der Waals surface area contributed by atoms with Crippen molar-refractivity contribution in [2.75, 3.05) is 25.1 Å². The van der Waals surface area contributed by atoms with Gasteiger partial charge in [-0.3, -0.25) is 4.98 Å². The number of aromatic nitrogens is 2. The number of nitrogens with zero attached hydrogens (tertiary/aromatic N) is 3. The standard InChI is InChI=1S/C21H21N3O2S/c1-24(21-23-19-5-2-3-6-20(19)26-21)11-4-12-25-17-9-7-16(8-10-17)13-18-14-22-15-27-18/h2-3,5-10,14-15H,4,11-13H2,1H3. The average Bonchev–Trinajstić information content (AvgIpc) is 3.35. The summed E-state index contributed by atoms with van der Waals surface area (Å²) in [5, 5.41) is 0. The summed E-state index contributed by atoms with van der Waals surface area (Å²) in [4.78, 5) is 11.9. The highest BCUT2D eigenvalue weighted by atomic mass is 32.1. The van der Waals surface area contributed by atoms with E-state index in [2.05, 4.69) is 22.1 Å². The maximum absolute atomic E-state index is 5.85. The van der Waals surface area contributed by atoms with E-state index in [0.29, 0.717) is 12.6 Å². The Labute approximate surface area is 162 Å². The lowest BCUT2D eigenvalue weighted by molar-refractivity contribution is 0.311. The van der Waals surface area contributed by atoms with Gasteiger partial charge in [-0.15, -0.1) is 11.3 Å². The third-order valence-corrected chi connectivity index (χ3v) is 5.08. The summed E-state index contributed by atoms with van der Waals surface area (Å²) in [6, 6.07) is 16.7. The van der Waals surface area contributed by atoms with Crippen molar-refractivity contribution >= 4 is 28.5 Å². The second-order valence-electron chi connectivity index (χ2n) is 6.38. The van der Waals surface area contributed by atoms with Gasteiger partial charge in [0, 0.05) is 31.1 Å². The maximum Gasteiger partial charge on any atom is 0.298 e. The van der Waals surface area contributed by atoms with Crippen LogP contribution in [0.4, 0.5) is 6.01 Å². The second kappa shape index (κ2) is 8.22. The molecule has 0 aliphatic heterocycles. The van der Waals surface area contributed by atoms with Crippen molar-refractivity contribution in [1.29, 1.82) is 0 Å². The predicted octanol–water partition coefficient (Wildman–Crippen LogP) is 4.78. The first kappa shape index (κ1) is 17.5. The third-order valence-electron chi connectivity index (χ3n) is 4.30. The zero-order chi connectivity index (χ0) is 18.5. The van der Waals surface area contributed by atoms with Crippen LogP contribution in [0, 0.1) is 0 Å². The first-order valence-corrected chi connectivity index (χ1v) is 9.82. The number of ether oxygens (including phenoxy) is 1. The van der Waals surface area contributed by atoms with Gasteiger partial charge in [0.25, 0.3) is 6.01 Å². The molecule has 2 heterocycles. The molecule has 0 bridgehead atoms. The molecule has 5 nitrogen and oxygen atoms in total. The van der Waals surface area contributed by atoms with E-state index in [1.165, 1.54) is 10.4 Å². The van der Waals surface area contributed by atoms with Gasteiger partial charge in [-0.25, -0.2) is 0 Å². The Morgan fingerprint density at radius 2 is 1.96 bits per heavy atom. The Balaban J connectivity index is 1.23. The van der Waals surface area contributed by atoms with Crippen LogP contribution in [0.3, 0.4) is 0 Å². The summed E-state index contributed by atoms with van der Waals surface area (Å²) in [5.74, 6) is 0.896. The van der Waals surface area contributed by atoms with Crippen LogP contribution < -0.4 is 9.64 Å². The Morgan fingerprint density at radius 1 is 1.11 bits per heavy atom. The number of hydrogen-bond donors (Lipinski definition) is 0. The van der Waals surface area contributed by atoms with Gasteiger partial charge in [-0.1, -0.05) is 24.3 Å². The van der Waals surface area contributed by atoms with Gasteiger partial charge >= 0.3 is 0 Å². The van der Waals surface area contributed by atoms with Gasteiger partial charge in [-0.05, 0) is 36.2 Å². The van der Waals surface area contributed by atoms with Crippen LogP contribution in [-0.4, -0.2) is 30.2 Å². The van der Waals surface area contributed by atoms with Gasteiger partial charge in [0.1, 0.15) is 11.3 Å². The van der Waals surface area contributed by atoms with Crippen LogP contribution in [-0.2, 0) is 6.42 Å². The predicted molar refractivity (Wildman–Crippen MR) is 109 cm³/mol. The number of fused-ring (bicyclic) bond motifs is 1. The van der Waals surface area contributed by atoms with Crippen LogP contribution in [0.25, 0.3) is 11.1 Å². The lowest BCUT2D eigenvalue weighted by Gasteiger charge is -2.14. The van der Waals surface area contributed by atoms with Gasteiger partial charge in [0.05, 0.1) is 12.1 Å². The number of oxazole rings is 1. The Bertz CT molecular complexity index is 947. The molecule has 27 heavy (non-hydrogen) atoms. The van der Waals surface area contributed by atoms with E-state index in [-0.39, 0.29) is 0 Å². The zero-order valence-corrected chi connectivity index (χ0v) is 16.0. The van der Waals surface area contributed by atoms with Crippen molar-refractivity contribution in [2.24, 2.45) is 0 Å². The smallest absolute Gasteiger partial charge is 0.298 e. The summed E-state index contributed by atoms with van der Waals surface area (Å²) in [7, 11) is 1.99. The number of hydrogen-bond acceptors (Lipinski definition) is 6. The monoisotopic (exact) mass is 379 g/mol. The highest BCUT2D eigenvalue weighted by Gasteiger charge is 2.09. The highest BCUT2D eigenvalue weighted by molar-refractivity contribution is 7.09. The summed E-state index contributed by atoms with van der Waals surface area (Å²) in [6.07, 6.45) is 3.72. The molecule has 138 valence electrons. The van der Waals surface area contributed by atoms with E-state index >= 15 is 0 Å². The molecule has 0 unspecified atom stereocenters. The van der Waals surface area contributed by atoms with Crippen molar-refractivity contribution < 1.29 is 9.15 Å². The number of para-hydroxylation sites is 2.